The molecule has 0 fully saturated rings. The van der Waals surface area contributed by atoms with Crippen LogP contribution in [0.25, 0.3) is 0 Å². The molecule has 6 nitrogen and oxygen atoms in total. The smallest absolute Gasteiger partial charge is 0.412 e. The Kier molecular flexibility index (Phi) is 4.80. The van der Waals surface area contributed by atoms with Gasteiger partial charge in [0.15, 0.2) is 17.6 Å². The first-order valence-corrected chi connectivity index (χ1v) is 10.8. The number of ether oxygens (including phenoxy) is 4. The van der Waals surface area contributed by atoms with Gasteiger partial charge in [-0.25, -0.2) is 4.79 Å². The Morgan fingerprint density at radius 2 is 1.97 bits per heavy atom. The highest BCUT2D eigenvalue weighted by Gasteiger charge is 2.62. The lowest BCUT2D eigenvalue weighted by molar-refractivity contribution is 0.0387. The molecule has 5 rings (SSSR count). The Morgan fingerprint density at radius 3 is 2.68 bits per heavy atom. The Balaban J connectivity index is 1.54. The molecule has 0 spiro atoms. The predicted molar refractivity (Wildman–Crippen MR) is 116 cm³/mol. The van der Waals surface area contributed by atoms with Gasteiger partial charge >= 0.3 is 6.09 Å². The maximum Gasteiger partial charge on any atom is 0.412 e. The number of amides is 1. The summed E-state index contributed by atoms with van der Waals surface area (Å²) in [5.41, 5.74) is 2.10. The number of hydrogen-bond acceptors (Lipinski definition) is 5. The third-order valence-electron chi connectivity index (χ3n) is 7.09. The molecule has 31 heavy (non-hydrogen) atoms. The van der Waals surface area contributed by atoms with Crippen molar-refractivity contribution in [2.75, 3.05) is 14.2 Å². The third kappa shape index (κ3) is 2.88. The summed E-state index contributed by atoms with van der Waals surface area (Å²) < 4.78 is 23.4. The Hall–Kier alpha value is -3.15. The van der Waals surface area contributed by atoms with E-state index in [9.17, 15) is 4.79 Å². The van der Waals surface area contributed by atoms with Crippen LogP contribution in [0.3, 0.4) is 0 Å². The van der Waals surface area contributed by atoms with E-state index in [1.807, 2.05) is 24.3 Å². The second-order valence-corrected chi connectivity index (χ2v) is 8.33. The summed E-state index contributed by atoms with van der Waals surface area (Å²) in [6.07, 6.45) is 3.81. The van der Waals surface area contributed by atoms with Gasteiger partial charge < -0.3 is 24.3 Å². The number of methoxy groups -OCH3 is 2. The number of carbonyl (C=O) groups is 1. The minimum Gasteiger partial charge on any atom is -0.497 e. The fourth-order valence-corrected chi connectivity index (χ4v) is 5.81. The summed E-state index contributed by atoms with van der Waals surface area (Å²) in [5.74, 6) is 3.08. The van der Waals surface area contributed by atoms with E-state index in [4.69, 9.17) is 18.9 Å². The summed E-state index contributed by atoms with van der Waals surface area (Å²) in [6.45, 7) is 2.19. The van der Waals surface area contributed by atoms with Gasteiger partial charge in [0.1, 0.15) is 11.5 Å². The zero-order valence-corrected chi connectivity index (χ0v) is 18.0. The van der Waals surface area contributed by atoms with Crippen LogP contribution in [-0.4, -0.2) is 32.5 Å². The molecule has 0 radical (unpaired) electrons. The second-order valence-electron chi connectivity index (χ2n) is 8.33. The van der Waals surface area contributed by atoms with E-state index in [-0.39, 0.29) is 23.5 Å². The molecule has 1 aliphatic heterocycles. The van der Waals surface area contributed by atoms with E-state index in [2.05, 4.69) is 24.4 Å². The molecule has 3 aliphatic rings. The predicted octanol–water partition coefficient (Wildman–Crippen LogP) is 4.37. The number of hydrogen-bond donors (Lipinski definition) is 1. The summed E-state index contributed by atoms with van der Waals surface area (Å²) in [7, 11) is 3.36. The van der Waals surface area contributed by atoms with E-state index in [1.54, 1.807) is 26.4 Å². The number of carbonyl (C=O) groups excluding carboxylic acids is 1. The molecular weight excluding hydrogens is 394 g/mol. The van der Waals surface area contributed by atoms with E-state index in [1.165, 1.54) is 11.1 Å². The number of rotatable bonds is 5. The molecule has 0 saturated heterocycles. The van der Waals surface area contributed by atoms with E-state index < -0.39 is 6.09 Å². The monoisotopic (exact) mass is 421 g/mol. The van der Waals surface area contributed by atoms with E-state index >= 15 is 0 Å². The molecule has 1 heterocycles. The number of benzene rings is 2. The molecule has 1 N–H and O–H groups in total. The largest absolute Gasteiger partial charge is 0.497 e. The zero-order valence-electron chi connectivity index (χ0n) is 18.0. The number of para-hydroxylation sites is 1. The van der Waals surface area contributed by atoms with Crippen molar-refractivity contribution in [1.82, 2.24) is 5.32 Å². The highest BCUT2D eigenvalue weighted by Crippen LogP contribution is 2.61. The molecule has 0 bridgehead atoms. The van der Waals surface area contributed by atoms with Crippen LogP contribution in [0, 0.1) is 5.92 Å². The zero-order chi connectivity index (χ0) is 21.6. The summed E-state index contributed by atoms with van der Waals surface area (Å²) in [5, 5.41) is 3.15. The van der Waals surface area contributed by atoms with Crippen molar-refractivity contribution in [3.63, 3.8) is 0 Å². The van der Waals surface area contributed by atoms with Gasteiger partial charge in [0.2, 0.25) is 0 Å². The van der Waals surface area contributed by atoms with E-state index in [0.29, 0.717) is 5.75 Å². The van der Waals surface area contributed by atoms with Crippen LogP contribution in [0.4, 0.5) is 4.79 Å². The fraction of sp³-hybridized carbons (Fsp3) is 0.400. The van der Waals surface area contributed by atoms with Gasteiger partial charge in [-0.2, -0.15) is 0 Å². The van der Waals surface area contributed by atoms with Gasteiger partial charge in [-0.05, 0) is 55.0 Å². The van der Waals surface area contributed by atoms with Crippen LogP contribution in [0.5, 0.6) is 17.2 Å². The molecule has 6 heteroatoms. The van der Waals surface area contributed by atoms with Crippen LogP contribution < -0.4 is 19.5 Å². The average Bonchev–Trinajstić information content (AvgIpc) is 3.16. The standard InChI is InChI=1S/C25H27NO5/c1-4-25-17-11-13-20(29-3)23(25)31-22-19(28-2)12-10-15(21(22)25)14-18(17)26-24(27)30-16-8-6-5-7-9-16/h5-10,12-13,17-18,23H,4,11,14H2,1-3H3,(H,26,27)/t17-,18?,23-,25-/m1/s1. The van der Waals surface area contributed by atoms with Gasteiger partial charge in [0.25, 0.3) is 0 Å². The summed E-state index contributed by atoms with van der Waals surface area (Å²) >= 11 is 0. The van der Waals surface area contributed by atoms with Crippen LogP contribution in [0.1, 0.15) is 30.9 Å². The van der Waals surface area contributed by atoms with Crippen molar-refractivity contribution in [1.29, 1.82) is 0 Å². The molecule has 2 aromatic rings. The third-order valence-corrected chi connectivity index (χ3v) is 7.09. The van der Waals surface area contributed by atoms with Gasteiger partial charge in [-0.15, -0.1) is 0 Å². The fourth-order valence-electron chi connectivity index (χ4n) is 5.81. The maximum absolute atomic E-state index is 12.8. The lowest BCUT2D eigenvalue weighted by Gasteiger charge is -2.50. The van der Waals surface area contributed by atoms with Crippen molar-refractivity contribution >= 4 is 6.09 Å². The molecule has 162 valence electrons. The molecule has 1 amide bonds. The summed E-state index contributed by atoms with van der Waals surface area (Å²) in [6, 6.07) is 13.1. The van der Waals surface area contributed by atoms with Gasteiger partial charge in [0.05, 0.1) is 14.2 Å². The normalized spacial score (nSPS) is 27.5. The van der Waals surface area contributed by atoms with E-state index in [0.717, 1.165) is 36.5 Å². The van der Waals surface area contributed by atoms with Crippen LogP contribution in [0.2, 0.25) is 0 Å². The molecule has 0 aromatic heterocycles. The molecule has 1 unspecified atom stereocenters. The Morgan fingerprint density at radius 1 is 1.16 bits per heavy atom. The SMILES string of the molecule is CC[C@@]12c3c4ccc(OC)c3O[C@@H]1C(OC)=CC[C@@H]2C(NC(=O)Oc1ccccc1)C4. The van der Waals surface area contributed by atoms with Gasteiger partial charge in [0, 0.05) is 17.0 Å². The van der Waals surface area contributed by atoms with Crippen LogP contribution >= 0.6 is 0 Å². The highest BCUT2D eigenvalue weighted by molar-refractivity contribution is 5.71. The van der Waals surface area contributed by atoms with Crippen molar-refractivity contribution in [2.45, 2.75) is 43.7 Å². The lowest BCUT2D eigenvalue weighted by atomic mass is 9.55. The average molecular weight is 421 g/mol. The molecule has 2 aromatic carbocycles. The highest BCUT2D eigenvalue weighted by atomic mass is 16.6. The Labute approximate surface area is 182 Å². The second kappa shape index (κ2) is 7.52. The van der Waals surface area contributed by atoms with Crippen LogP contribution in [-0.2, 0) is 16.6 Å². The first-order chi connectivity index (χ1) is 15.1. The molecule has 2 aliphatic carbocycles. The minimum atomic E-state index is -0.434. The topological polar surface area (TPSA) is 66.0 Å². The van der Waals surface area contributed by atoms with Crippen molar-refractivity contribution in [3.8, 4) is 17.2 Å². The molecule has 0 saturated carbocycles. The lowest BCUT2D eigenvalue weighted by Crippen LogP contribution is -2.59. The first kappa shape index (κ1) is 19.8. The van der Waals surface area contributed by atoms with Gasteiger partial charge in [-0.3, -0.25) is 0 Å². The Bertz CT molecular complexity index is 1030. The minimum absolute atomic E-state index is 0.0798. The van der Waals surface area contributed by atoms with Crippen molar-refractivity contribution < 1.29 is 23.7 Å². The van der Waals surface area contributed by atoms with Crippen LogP contribution in [0.15, 0.2) is 54.3 Å². The number of nitrogens with one attached hydrogen (secondary N) is 1. The maximum atomic E-state index is 12.8. The quantitative estimate of drug-likeness (QED) is 0.777. The molecule has 4 atom stereocenters. The van der Waals surface area contributed by atoms with Crippen molar-refractivity contribution in [3.05, 3.63) is 65.4 Å². The van der Waals surface area contributed by atoms with Gasteiger partial charge in [-0.1, -0.05) is 31.2 Å². The molecular formula is C25H27NO5. The summed E-state index contributed by atoms with van der Waals surface area (Å²) in [4.78, 5) is 12.8. The number of allylic oxidation sites excluding steroid dienone is 1. The van der Waals surface area contributed by atoms with Crippen molar-refractivity contribution in [2.24, 2.45) is 5.92 Å². The first-order valence-electron chi connectivity index (χ1n) is 10.8.